The van der Waals surface area contributed by atoms with Crippen LogP contribution in [0.2, 0.25) is 0 Å². The zero-order valence-electron chi connectivity index (χ0n) is 35.7. The summed E-state index contributed by atoms with van der Waals surface area (Å²) in [5.74, 6) is 3.28. The normalized spacial score (nSPS) is 14.8. The van der Waals surface area contributed by atoms with Crippen molar-refractivity contribution in [3.63, 3.8) is 0 Å². The highest BCUT2D eigenvalue weighted by molar-refractivity contribution is 8.03. The lowest BCUT2D eigenvalue weighted by Gasteiger charge is -2.17. The highest BCUT2D eigenvalue weighted by atomic mass is 32.2. The highest BCUT2D eigenvalue weighted by Gasteiger charge is 2.17. The molecular weight excluding hydrogens is 777 g/mol. The number of benzene rings is 5. The summed E-state index contributed by atoms with van der Waals surface area (Å²) >= 11 is 7.84. The molecule has 0 spiro atoms. The van der Waals surface area contributed by atoms with Gasteiger partial charge in [0.1, 0.15) is 0 Å². The predicted octanol–water partition coefficient (Wildman–Crippen LogP) is 19.1. The van der Waals surface area contributed by atoms with E-state index in [1.807, 2.05) is 46.2 Å². The van der Waals surface area contributed by atoms with E-state index in [0.29, 0.717) is 0 Å². The predicted molar refractivity (Wildman–Crippen MR) is 265 cm³/mol. The molecule has 8 rings (SSSR count). The quantitative estimate of drug-likeness (QED) is 0.0844. The van der Waals surface area contributed by atoms with E-state index >= 15 is 0 Å². The Labute approximate surface area is 365 Å². The van der Waals surface area contributed by atoms with E-state index < -0.39 is 0 Å². The number of thiophene rings is 2. The summed E-state index contributed by atoms with van der Waals surface area (Å²) in [5, 5.41) is 8.24. The van der Waals surface area contributed by atoms with Crippen LogP contribution >= 0.6 is 46.2 Å². The first-order chi connectivity index (χ1) is 28.2. The molecule has 0 amide bonds. The molecule has 5 aromatic carbocycles. The van der Waals surface area contributed by atoms with Gasteiger partial charge in [-0.25, -0.2) is 0 Å². The molecule has 0 fully saturated rings. The largest absolute Gasteiger partial charge is 0.133 e. The second kappa shape index (κ2) is 19.1. The molecule has 2 aromatic heterocycles. The smallest absolute Gasteiger partial charge is 0.0542 e. The van der Waals surface area contributed by atoms with Crippen molar-refractivity contribution in [3.8, 4) is 0 Å². The van der Waals surface area contributed by atoms with E-state index in [9.17, 15) is 0 Å². The van der Waals surface area contributed by atoms with Gasteiger partial charge in [-0.1, -0.05) is 170 Å². The Kier molecular flexibility index (Phi) is 13.8. The highest BCUT2D eigenvalue weighted by Crippen LogP contribution is 2.49. The molecule has 1 aliphatic carbocycles. The first kappa shape index (κ1) is 41.7. The molecule has 0 nitrogen and oxygen atoms in total. The van der Waals surface area contributed by atoms with E-state index in [-0.39, 0.29) is 0 Å². The summed E-state index contributed by atoms with van der Waals surface area (Å²) in [7, 11) is 0. The Hall–Kier alpha value is -3.02. The van der Waals surface area contributed by atoms with Crippen LogP contribution in [0.15, 0.2) is 122 Å². The fourth-order valence-electron chi connectivity index (χ4n) is 8.75. The molecule has 4 heteroatoms. The van der Waals surface area contributed by atoms with Gasteiger partial charge in [0.15, 0.2) is 0 Å². The van der Waals surface area contributed by atoms with E-state index in [2.05, 4.69) is 139 Å². The first-order valence-corrected chi connectivity index (χ1v) is 25.5. The maximum Gasteiger partial charge on any atom is 0.0542 e. The maximum atomic E-state index is 2.46. The average Bonchev–Trinajstić information content (AvgIpc) is 3.77. The van der Waals surface area contributed by atoms with Crippen LogP contribution in [0.3, 0.4) is 0 Å². The number of aryl methyl sites for hydroxylation is 1. The van der Waals surface area contributed by atoms with Crippen molar-refractivity contribution in [3.05, 3.63) is 113 Å². The first-order valence-electron chi connectivity index (χ1n) is 22.2. The standard InChI is InChI=1S/C54H62S4/c1-35(2)9-7-11-37(5)13-15-39-17-25-43(26-18-39)55-45-29-21-41-23-31-47-51(49(41)33-45)57-54-48-32-24-42-22-30-46(34-50(42)52(48)58-53(47)54)56-44-27-19-40(20-28-44)16-14-38(6)12-8-10-36(3)4/h17-19,21-27,29-38H,7-16,20,28H2,1-6H3/t37?,38-/m0/s1. The molecule has 58 heavy (non-hydrogen) atoms. The van der Waals surface area contributed by atoms with Crippen LogP contribution in [-0.2, 0) is 6.42 Å². The minimum Gasteiger partial charge on any atom is -0.133 e. The van der Waals surface area contributed by atoms with E-state index in [1.165, 1.54) is 153 Å². The lowest BCUT2D eigenvalue weighted by atomic mass is 9.92. The SMILES string of the molecule is CC(C)CCCC(C)CCc1ccc(Sc2ccc3ccc4c(sc5c6ccc7ccc(SC8=CC=C(CC[C@@H](C)CCCC(C)C)CC8)cc7c6sc45)c3c2)cc1. The van der Waals surface area contributed by atoms with Crippen LogP contribution in [0.4, 0.5) is 0 Å². The fourth-order valence-corrected chi connectivity index (χ4v) is 13.4. The lowest BCUT2D eigenvalue weighted by Crippen LogP contribution is -1.99. The van der Waals surface area contributed by atoms with Crippen LogP contribution in [0, 0.1) is 23.7 Å². The van der Waals surface area contributed by atoms with Gasteiger partial charge in [-0.15, -0.1) is 22.7 Å². The minimum atomic E-state index is 0.799. The summed E-state index contributed by atoms with van der Waals surface area (Å²) < 4.78 is 5.72. The number of allylic oxidation sites excluding steroid dienone is 4. The molecule has 0 N–H and O–H groups in total. The zero-order chi connectivity index (χ0) is 40.2. The Morgan fingerprint density at radius 1 is 0.466 bits per heavy atom. The van der Waals surface area contributed by atoms with Crippen LogP contribution < -0.4 is 0 Å². The van der Waals surface area contributed by atoms with Crippen LogP contribution in [0.1, 0.15) is 118 Å². The average molecular weight is 839 g/mol. The van der Waals surface area contributed by atoms with Gasteiger partial charge in [-0.05, 0) is 120 Å². The third-order valence-corrected chi connectivity index (χ3v) is 17.2. The van der Waals surface area contributed by atoms with Crippen molar-refractivity contribution in [1.82, 2.24) is 0 Å². The van der Waals surface area contributed by atoms with Gasteiger partial charge in [-0.2, -0.15) is 0 Å². The second-order valence-electron chi connectivity index (χ2n) is 18.3. The minimum absolute atomic E-state index is 0.799. The van der Waals surface area contributed by atoms with Gasteiger partial charge in [-0.3, -0.25) is 0 Å². The van der Waals surface area contributed by atoms with Crippen molar-refractivity contribution in [2.75, 3.05) is 0 Å². The number of fused-ring (bicyclic) bond motifs is 9. The fraction of sp³-hybridized carbons (Fsp3) is 0.407. The Bertz CT molecular complexity index is 2560. The van der Waals surface area contributed by atoms with Crippen molar-refractivity contribution < 1.29 is 0 Å². The summed E-state index contributed by atoms with van der Waals surface area (Å²) in [4.78, 5) is 5.48. The maximum absolute atomic E-state index is 2.46. The number of hydrogen-bond acceptors (Lipinski definition) is 4. The molecule has 0 aliphatic heterocycles. The molecule has 2 heterocycles. The number of thioether (sulfide) groups is 1. The molecule has 0 radical (unpaired) electrons. The molecule has 7 aromatic rings. The third kappa shape index (κ3) is 10.1. The Balaban J connectivity index is 0.965. The van der Waals surface area contributed by atoms with E-state index in [0.717, 1.165) is 23.7 Å². The Morgan fingerprint density at radius 2 is 0.983 bits per heavy atom. The molecule has 2 atom stereocenters. The summed E-state index contributed by atoms with van der Waals surface area (Å²) in [6, 6.07) is 33.0. The van der Waals surface area contributed by atoms with Crippen LogP contribution in [0.5, 0.6) is 0 Å². The van der Waals surface area contributed by atoms with Crippen molar-refractivity contribution >= 4 is 97.3 Å². The van der Waals surface area contributed by atoms with Gasteiger partial charge < -0.3 is 0 Å². The molecule has 302 valence electrons. The lowest BCUT2D eigenvalue weighted by molar-refractivity contribution is 0.435. The molecule has 1 unspecified atom stereocenters. The van der Waals surface area contributed by atoms with Crippen LogP contribution in [-0.4, -0.2) is 0 Å². The van der Waals surface area contributed by atoms with Crippen molar-refractivity contribution in [2.24, 2.45) is 23.7 Å². The number of hydrogen-bond donors (Lipinski definition) is 0. The van der Waals surface area contributed by atoms with E-state index in [4.69, 9.17) is 0 Å². The molecule has 0 saturated carbocycles. The van der Waals surface area contributed by atoms with Crippen molar-refractivity contribution in [2.45, 2.75) is 133 Å². The van der Waals surface area contributed by atoms with Gasteiger partial charge in [0.05, 0.1) is 9.40 Å². The van der Waals surface area contributed by atoms with Gasteiger partial charge in [0.2, 0.25) is 0 Å². The van der Waals surface area contributed by atoms with Gasteiger partial charge in [0.25, 0.3) is 0 Å². The summed E-state index contributed by atoms with van der Waals surface area (Å²) in [6.45, 7) is 14.2. The summed E-state index contributed by atoms with van der Waals surface area (Å²) in [6.07, 6.45) is 20.5. The molecule has 0 saturated heterocycles. The van der Waals surface area contributed by atoms with E-state index in [1.54, 1.807) is 5.57 Å². The second-order valence-corrected chi connectivity index (χ2v) is 22.6. The molecule has 1 aliphatic rings. The zero-order valence-corrected chi connectivity index (χ0v) is 38.9. The topological polar surface area (TPSA) is 0 Å². The molecule has 0 bridgehead atoms. The Morgan fingerprint density at radius 3 is 1.52 bits per heavy atom. The monoisotopic (exact) mass is 838 g/mol. The third-order valence-electron chi connectivity index (χ3n) is 12.4. The van der Waals surface area contributed by atoms with Crippen LogP contribution in [0.25, 0.3) is 51.1 Å². The summed E-state index contributed by atoms with van der Waals surface area (Å²) in [5.41, 5.74) is 3.10. The van der Waals surface area contributed by atoms with Crippen molar-refractivity contribution in [1.29, 1.82) is 0 Å². The molecular formula is C54H62S4. The number of rotatable bonds is 18. The van der Waals surface area contributed by atoms with Gasteiger partial charge in [0, 0.05) is 45.6 Å². The van der Waals surface area contributed by atoms with Gasteiger partial charge >= 0.3 is 0 Å².